The third-order valence-corrected chi connectivity index (χ3v) is 6.88. The largest absolute Gasteiger partial charge is 0.342 e. The third-order valence-electron chi connectivity index (χ3n) is 5.91. The van der Waals surface area contributed by atoms with E-state index in [0.717, 1.165) is 28.8 Å². The van der Waals surface area contributed by atoms with Crippen LogP contribution < -0.4 is 10.6 Å². The number of thioether (sulfide) groups is 1. The van der Waals surface area contributed by atoms with E-state index in [1.807, 2.05) is 81.7 Å². The molecule has 0 spiro atoms. The number of nitrogens with zero attached hydrogens (tertiary/aromatic N) is 3. The molecule has 2 aromatic carbocycles. The average molecular weight is 494 g/mol. The Bertz CT molecular complexity index is 1190. The number of nitrogens with one attached hydrogen (secondary N) is 2. The van der Waals surface area contributed by atoms with Gasteiger partial charge < -0.3 is 15.2 Å². The lowest BCUT2D eigenvalue weighted by atomic mass is 10.0. The third kappa shape index (κ3) is 6.51. The molecule has 186 valence electrons. The quantitative estimate of drug-likeness (QED) is 0.373. The summed E-state index contributed by atoms with van der Waals surface area (Å²) >= 11 is 1.35. The minimum atomic E-state index is -0.308. The number of amides is 2. The fourth-order valence-electron chi connectivity index (χ4n) is 3.98. The van der Waals surface area contributed by atoms with Gasteiger partial charge in [0.05, 0.1) is 11.8 Å². The smallest absolute Gasteiger partial charge is 0.251 e. The van der Waals surface area contributed by atoms with Gasteiger partial charge in [0.15, 0.2) is 11.0 Å². The second-order valence-electron chi connectivity index (χ2n) is 8.95. The van der Waals surface area contributed by atoms with Gasteiger partial charge in [-0.2, -0.15) is 0 Å². The van der Waals surface area contributed by atoms with Crippen molar-refractivity contribution in [2.45, 2.75) is 65.7 Å². The van der Waals surface area contributed by atoms with Gasteiger partial charge in [-0.05, 0) is 56.4 Å². The highest BCUT2D eigenvalue weighted by atomic mass is 32.2. The zero-order valence-electron chi connectivity index (χ0n) is 21.4. The van der Waals surface area contributed by atoms with Gasteiger partial charge in [0.1, 0.15) is 0 Å². The van der Waals surface area contributed by atoms with Gasteiger partial charge in [-0.3, -0.25) is 9.59 Å². The van der Waals surface area contributed by atoms with Gasteiger partial charge >= 0.3 is 0 Å². The second-order valence-corrected chi connectivity index (χ2v) is 9.89. The molecule has 8 heteroatoms. The number of hydrogen-bond acceptors (Lipinski definition) is 5. The van der Waals surface area contributed by atoms with Crippen molar-refractivity contribution in [3.63, 3.8) is 0 Å². The molecule has 3 aromatic rings. The Morgan fingerprint density at radius 1 is 1.06 bits per heavy atom. The van der Waals surface area contributed by atoms with Crippen molar-refractivity contribution in [2.24, 2.45) is 5.92 Å². The van der Waals surface area contributed by atoms with Gasteiger partial charge in [0.2, 0.25) is 5.91 Å². The van der Waals surface area contributed by atoms with Crippen LogP contribution in [-0.4, -0.2) is 32.3 Å². The molecular formula is C27H35N5O2S. The van der Waals surface area contributed by atoms with E-state index in [1.165, 1.54) is 11.8 Å². The van der Waals surface area contributed by atoms with Crippen LogP contribution in [0, 0.1) is 19.8 Å². The Labute approximate surface area is 212 Å². The van der Waals surface area contributed by atoms with Crippen molar-refractivity contribution in [1.82, 2.24) is 20.1 Å². The molecule has 0 aliphatic heterocycles. The molecule has 2 amide bonds. The molecule has 1 heterocycles. The molecule has 0 fully saturated rings. The maximum Gasteiger partial charge on any atom is 0.251 e. The fraction of sp³-hybridized carbons (Fsp3) is 0.407. The first-order valence-corrected chi connectivity index (χ1v) is 13.0. The van der Waals surface area contributed by atoms with E-state index in [9.17, 15) is 9.59 Å². The Balaban J connectivity index is 1.73. The van der Waals surface area contributed by atoms with Crippen LogP contribution in [0.1, 0.15) is 66.6 Å². The SMILES string of the molecule is CCc1cccc(C)c1NC(=O)CSc1nnc([C@H](NC(=O)c2cccc(C)c2)C(C)C)n1CC. The van der Waals surface area contributed by atoms with Gasteiger partial charge in [-0.25, -0.2) is 0 Å². The summed E-state index contributed by atoms with van der Waals surface area (Å²) in [5.74, 6) is 0.792. The van der Waals surface area contributed by atoms with Crippen LogP contribution in [0.4, 0.5) is 5.69 Å². The predicted octanol–water partition coefficient (Wildman–Crippen LogP) is 5.34. The van der Waals surface area contributed by atoms with Gasteiger partial charge in [-0.15, -0.1) is 10.2 Å². The second kappa shape index (κ2) is 12.0. The molecule has 35 heavy (non-hydrogen) atoms. The van der Waals surface area contributed by atoms with Crippen LogP contribution >= 0.6 is 11.8 Å². The summed E-state index contributed by atoms with van der Waals surface area (Å²) in [5.41, 5.74) is 4.70. The number of carbonyl (C=O) groups excluding carboxylic acids is 2. The molecule has 0 aliphatic carbocycles. The first-order valence-electron chi connectivity index (χ1n) is 12.1. The van der Waals surface area contributed by atoms with Crippen LogP contribution in [0.25, 0.3) is 0 Å². The van der Waals surface area contributed by atoms with E-state index >= 15 is 0 Å². The van der Waals surface area contributed by atoms with Crippen molar-refractivity contribution in [1.29, 1.82) is 0 Å². The van der Waals surface area contributed by atoms with E-state index in [1.54, 1.807) is 0 Å². The van der Waals surface area contributed by atoms with Crippen molar-refractivity contribution in [2.75, 3.05) is 11.1 Å². The molecule has 0 saturated heterocycles. The summed E-state index contributed by atoms with van der Waals surface area (Å²) in [6, 6.07) is 13.3. The molecule has 0 bridgehead atoms. The van der Waals surface area contributed by atoms with Crippen LogP contribution in [0.2, 0.25) is 0 Å². The lowest BCUT2D eigenvalue weighted by Gasteiger charge is -2.22. The van der Waals surface area contributed by atoms with Crippen LogP contribution in [0.5, 0.6) is 0 Å². The zero-order chi connectivity index (χ0) is 25.5. The van der Waals surface area contributed by atoms with Crippen LogP contribution in [0.15, 0.2) is 47.6 Å². The maximum absolute atomic E-state index is 12.9. The van der Waals surface area contributed by atoms with E-state index in [0.29, 0.717) is 23.1 Å². The zero-order valence-corrected chi connectivity index (χ0v) is 22.2. The Morgan fingerprint density at radius 2 is 1.80 bits per heavy atom. The molecule has 2 N–H and O–H groups in total. The molecule has 0 aliphatic rings. The average Bonchev–Trinajstić information content (AvgIpc) is 3.24. The number of aromatic nitrogens is 3. The topological polar surface area (TPSA) is 88.9 Å². The normalized spacial score (nSPS) is 12.0. The molecule has 3 rings (SSSR count). The maximum atomic E-state index is 12.9. The lowest BCUT2D eigenvalue weighted by molar-refractivity contribution is -0.113. The highest BCUT2D eigenvalue weighted by molar-refractivity contribution is 7.99. The summed E-state index contributed by atoms with van der Waals surface area (Å²) < 4.78 is 1.98. The molecule has 0 saturated carbocycles. The monoisotopic (exact) mass is 493 g/mol. The molecule has 0 radical (unpaired) electrons. The Morgan fingerprint density at radius 3 is 2.46 bits per heavy atom. The van der Waals surface area contributed by atoms with E-state index in [-0.39, 0.29) is 29.5 Å². The van der Waals surface area contributed by atoms with Crippen molar-refractivity contribution < 1.29 is 9.59 Å². The van der Waals surface area contributed by atoms with Gasteiger partial charge in [0.25, 0.3) is 5.91 Å². The standard InChI is InChI=1S/C27H35N5O2S/c1-7-20-13-10-12-19(6)24(20)28-22(33)16-35-27-31-30-25(32(27)8-2)23(17(3)4)29-26(34)21-14-9-11-18(5)15-21/h9-15,17,23H,7-8,16H2,1-6H3,(H,28,33)(H,29,34)/t23-/m1/s1. The molecule has 0 unspecified atom stereocenters. The summed E-state index contributed by atoms with van der Waals surface area (Å²) in [5, 5.41) is 15.6. The number of aryl methyl sites for hydroxylation is 3. The number of benzene rings is 2. The lowest BCUT2D eigenvalue weighted by Crippen LogP contribution is -2.33. The number of para-hydroxylation sites is 1. The Kier molecular flexibility index (Phi) is 9.09. The summed E-state index contributed by atoms with van der Waals surface area (Å²) in [6.45, 7) is 12.8. The minimum absolute atomic E-state index is 0.0839. The summed E-state index contributed by atoms with van der Waals surface area (Å²) in [4.78, 5) is 25.7. The fourth-order valence-corrected chi connectivity index (χ4v) is 4.79. The number of hydrogen-bond donors (Lipinski definition) is 2. The summed E-state index contributed by atoms with van der Waals surface area (Å²) in [6.07, 6.45) is 0.850. The molecule has 7 nitrogen and oxygen atoms in total. The van der Waals surface area contributed by atoms with E-state index in [4.69, 9.17) is 0 Å². The summed E-state index contributed by atoms with van der Waals surface area (Å²) in [7, 11) is 0. The predicted molar refractivity (Wildman–Crippen MR) is 142 cm³/mol. The van der Waals surface area contributed by atoms with Gasteiger partial charge in [0, 0.05) is 17.8 Å². The Hall–Kier alpha value is -3.13. The number of carbonyl (C=O) groups is 2. The number of anilines is 1. The highest BCUT2D eigenvalue weighted by Crippen LogP contribution is 2.26. The van der Waals surface area contributed by atoms with Crippen molar-refractivity contribution in [3.05, 3.63) is 70.5 Å². The highest BCUT2D eigenvalue weighted by Gasteiger charge is 2.26. The molecule has 1 aromatic heterocycles. The van der Waals surface area contributed by atoms with Crippen LogP contribution in [0.3, 0.4) is 0 Å². The molecule has 1 atom stereocenters. The van der Waals surface area contributed by atoms with Gasteiger partial charge in [-0.1, -0.05) is 68.4 Å². The van der Waals surface area contributed by atoms with E-state index < -0.39 is 0 Å². The number of rotatable bonds is 10. The van der Waals surface area contributed by atoms with Crippen molar-refractivity contribution in [3.8, 4) is 0 Å². The first kappa shape index (κ1) is 26.5. The van der Waals surface area contributed by atoms with E-state index in [2.05, 4.69) is 27.8 Å². The first-order chi connectivity index (χ1) is 16.7. The molecular weight excluding hydrogens is 458 g/mol. The van der Waals surface area contributed by atoms with Crippen molar-refractivity contribution >= 4 is 29.3 Å². The van der Waals surface area contributed by atoms with Crippen LogP contribution in [-0.2, 0) is 17.8 Å². The minimum Gasteiger partial charge on any atom is -0.342 e.